The third kappa shape index (κ3) is 4.47. The van der Waals surface area contributed by atoms with Gasteiger partial charge in [-0.05, 0) is 39.9 Å². The lowest BCUT2D eigenvalue weighted by Crippen LogP contribution is -2.26. The largest absolute Gasteiger partial charge is 0.478 e. The normalized spacial score (nSPS) is 12.4. The van der Waals surface area contributed by atoms with E-state index in [2.05, 4.69) is 29.6 Å². The van der Waals surface area contributed by atoms with E-state index in [4.69, 9.17) is 21.4 Å². The molecule has 0 saturated heterocycles. The summed E-state index contributed by atoms with van der Waals surface area (Å²) in [5, 5.41) is 12.0. The molecule has 6 heteroatoms. The number of halogens is 1. The molecule has 0 bridgehead atoms. The van der Waals surface area contributed by atoms with Crippen molar-refractivity contribution in [1.29, 1.82) is 0 Å². The first kappa shape index (κ1) is 20.7. The second-order valence-electron chi connectivity index (χ2n) is 7.15. The number of carboxylic acids is 1. The Labute approximate surface area is 184 Å². The summed E-state index contributed by atoms with van der Waals surface area (Å²) in [4.78, 5) is 23.3. The molecule has 1 amide bonds. The number of aromatic carboxylic acids is 1. The van der Waals surface area contributed by atoms with E-state index in [0.29, 0.717) is 5.56 Å². The van der Waals surface area contributed by atoms with Gasteiger partial charge < -0.3 is 15.2 Å². The van der Waals surface area contributed by atoms with Gasteiger partial charge in [0.2, 0.25) is 0 Å². The first-order valence-electron chi connectivity index (χ1n) is 9.83. The Balaban J connectivity index is 1.33. The molecule has 0 heterocycles. The Hall–Kier alpha value is -3.57. The van der Waals surface area contributed by atoms with Crippen LogP contribution in [0.4, 0.5) is 4.79 Å². The lowest BCUT2D eigenvalue weighted by atomic mass is 9.98. The molecule has 5 nitrogen and oxygen atoms in total. The van der Waals surface area contributed by atoms with Crippen molar-refractivity contribution in [2.75, 3.05) is 13.2 Å². The number of ether oxygens (including phenoxy) is 1. The molecule has 0 aliphatic heterocycles. The highest BCUT2D eigenvalue weighted by atomic mass is 35.5. The standard InChI is InChI=1S/C25H20ClNO4/c26-23-12-11-16(14-21(23)24(28)29)6-5-13-27-25(30)31-15-22-19-9-3-1-7-17(19)18-8-2-4-10-20(18)22/h1-12,14,22H,13,15H2,(H,27,30)(H,28,29). The zero-order chi connectivity index (χ0) is 21.8. The Morgan fingerprint density at radius 1 is 1.00 bits per heavy atom. The first-order valence-corrected chi connectivity index (χ1v) is 10.2. The summed E-state index contributed by atoms with van der Waals surface area (Å²) >= 11 is 5.87. The van der Waals surface area contributed by atoms with Crippen LogP contribution < -0.4 is 5.32 Å². The number of hydrogen-bond donors (Lipinski definition) is 2. The third-order valence-electron chi connectivity index (χ3n) is 5.24. The van der Waals surface area contributed by atoms with Crippen molar-refractivity contribution in [1.82, 2.24) is 5.32 Å². The molecule has 1 aliphatic rings. The summed E-state index contributed by atoms with van der Waals surface area (Å²) in [5.74, 6) is -1.07. The van der Waals surface area contributed by atoms with Gasteiger partial charge in [-0.1, -0.05) is 78.4 Å². The molecular formula is C25H20ClNO4. The maximum Gasteiger partial charge on any atom is 0.407 e. The zero-order valence-corrected chi connectivity index (χ0v) is 17.3. The number of nitrogens with one attached hydrogen (secondary N) is 1. The highest BCUT2D eigenvalue weighted by molar-refractivity contribution is 6.33. The van der Waals surface area contributed by atoms with E-state index in [1.54, 1.807) is 18.2 Å². The molecule has 2 N–H and O–H groups in total. The minimum atomic E-state index is -1.09. The van der Waals surface area contributed by atoms with Crippen LogP contribution in [0.1, 0.15) is 33.0 Å². The molecule has 0 saturated carbocycles. The van der Waals surface area contributed by atoms with E-state index in [1.165, 1.54) is 23.3 Å². The van der Waals surface area contributed by atoms with Crippen molar-refractivity contribution in [2.24, 2.45) is 0 Å². The number of carboxylic acid groups (broad SMARTS) is 1. The van der Waals surface area contributed by atoms with Crippen LogP contribution in [0.3, 0.4) is 0 Å². The van der Waals surface area contributed by atoms with Gasteiger partial charge in [0.1, 0.15) is 6.61 Å². The second kappa shape index (κ2) is 9.06. The number of alkyl carbamates (subject to hydrolysis) is 1. The Bertz CT molecular complexity index is 1130. The molecule has 3 aromatic carbocycles. The van der Waals surface area contributed by atoms with Gasteiger partial charge in [-0.15, -0.1) is 0 Å². The predicted molar refractivity (Wildman–Crippen MR) is 121 cm³/mol. The van der Waals surface area contributed by atoms with Crippen molar-refractivity contribution in [3.63, 3.8) is 0 Å². The maximum absolute atomic E-state index is 12.2. The van der Waals surface area contributed by atoms with Crippen LogP contribution in [0.15, 0.2) is 72.8 Å². The van der Waals surface area contributed by atoms with Crippen molar-refractivity contribution in [3.8, 4) is 11.1 Å². The number of fused-ring (bicyclic) bond motifs is 3. The van der Waals surface area contributed by atoms with E-state index in [9.17, 15) is 9.59 Å². The van der Waals surface area contributed by atoms with Crippen LogP contribution in [0.5, 0.6) is 0 Å². The summed E-state index contributed by atoms with van der Waals surface area (Å²) in [6.07, 6.45) is 2.93. The maximum atomic E-state index is 12.2. The monoisotopic (exact) mass is 433 g/mol. The predicted octanol–water partition coefficient (Wildman–Crippen LogP) is 5.59. The summed E-state index contributed by atoms with van der Waals surface area (Å²) in [6, 6.07) is 21.1. The number of hydrogen-bond acceptors (Lipinski definition) is 3. The molecule has 0 spiro atoms. The highest BCUT2D eigenvalue weighted by Gasteiger charge is 2.28. The van der Waals surface area contributed by atoms with Crippen molar-refractivity contribution in [2.45, 2.75) is 5.92 Å². The average Bonchev–Trinajstić information content (AvgIpc) is 3.10. The lowest BCUT2D eigenvalue weighted by molar-refractivity contribution is 0.0697. The van der Waals surface area contributed by atoms with Gasteiger partial charge in [0.25, 0.3) is 0 Å². The summed E-state index contributed by atoms with van der Waals surface area (Å²) < 4.78 is 5.48. The second-order valence-corrected chi connectivity index (χ2v) is 7.56. The first-order chi connectivity index (χ1) is 15.0. The van der Waals surface area contributed by atoms with Crippen molar-refractivity contribution in [3.05, 3.63) is 100 Å². The molecule has 3 aromatic rings. The number of carbonyl (C=O) groups excluding carboxylic acids is 1. The highest BCUT2D eigenvalue weighted by Crippen LogP contribution is 2.44. The third-order valence-corrected chi connectivity index (χ3v) is 5.57. The smallest absolute Gasteiger partial charge is 0.407 e. The minimum Gasteiger partial charge on any atom is -0.478 e. The van der Waals surface area contributed by atoms with Crippen LogP contribution in [-0.4, -0.2) is 30.3 Å². The fourth-order valence-corrected chi connectivity index (χ4v) is 4.00. The van der Waals surface area contributed by atoms with E-state index in [0.717, 1.165) is 11.1 Å². The van der Waals surface area contributed by atoms with Crippen LogP contribution in [-0.2, 0) is 4.74 Å². The zero-order valence-electron chi connectivity index (χ0n) is 16.5. The van der Waals surface area contributed by atoms with E-state index in [1.807, 2.05) is 24.3 Å². The average molecular weight is 434 g/mol. The molecule has 1 aliphatic carbocycles. The van der Waals surface area contributed by atoms with Crippen molar-refractivity contribution < 1.29 is 19.4 Å². The molecule has 0 fully saturated rings. The SMILES string of the molecule is O=C(NCC=Cc1ccc(Cl)c(C(=O)O)c1)OCC1c2ccccc2-c2ccccc21. The number of benzene rings is 3. The fraction of sp³-hybridized carbons (Fsp3) is 0.120. The molecule has 4 rings (SSSR count). The molecule has 0 aromatic heterocycles. The van der Waals surface area contributed by atoms with Gasteiger partial charge >= 0.3 is 12.1 Å². The van der Waals surface area contributed by atoms with E-state index >= 15 is 0 Å². The fourth-order valence-electron chi connectivity index (χ4n) is 3.80. The molecule has 31 heavy (non-hydrogen) atoms. The lowest BCUT2D eigenvalue weighted by Gasteiger charge is -2.14. The molecule has 0 atom stereocenters. The van der Waals surface area contributed by atoms with Gasteiger partial charge in [-0.25, -0.2) is 9.59 Å². The van der Waals surface area contributed by atoms with Crippen LogP contribution >= 0.6 is 11.6 Å². The Morgan fingerprint density at radius 2 is 1.65 bits per heavy atom. The number of amides is 1. The van der Waals surface area contributed by atoms with Gasteiger partial charge in [-0.2, -0.15) is 0 Å². The van der Waals surface area contributed by atoms with Crippen molar-refractivity contribution >= 4 is 29.7 Å². The van der Waals surface area contributed by atoms with E-state index < -0.39 is 12.1 Å². The number of carbonyl (C=O) groups is 2. The summed E-state index contributed by atoms with van der Waals surface area (Å²) in [6.45, 7) is 0.504. The van der Waals surface area contributed by atoms with Gasteiger partial charge in [-0.3, -0.25) is 0 Å². The van der Waals surface area contributed by atoms with Crippen LogP contribution in [0.25, 0.3) is 17.2 Å². The topological polar surface area (TPSA) is 75.6 Å². The minimum absolute atomic E-state index is 0.0113. The molecule has 156 valence electrons. The number of rotatable bonds is 6. The summed E-state index contributed by atoms with van der Waals surface area (Å²) in [7, 11) is 0. The summed E-state index contributed by atoms with van der Waals surface area (Å²) in [5.41, 5.74) is 5.39. The van der Waals surface area contributed by atoms with E-state index in [-0.39, 0.29) is 29.7 Å². The van der Waals surface area contributed by atoms with Gasteiger partial charge in [0, 0.05) is 12.5 Å². The van der Waals surface area contributed by atoms with Crippen LogP contribution in [0.2, 0.25) is 5.02 Å². The van der Waals surface area contributed by atoms with Gasteiger partial charge in [0.05, 0.1) is 10.6 Å². The van der Waals surface area contributed by atoms with Gasteiger partial charge in [0.15, 0.2) is 0 Å². The van der Waals surface area contributed by atoms with Crippen LogP contribution in [0, 0.1) is 0 Å². The molecular weight excluding hydrogens is 414 g/mol. The Morgan fingerprint density at radius 3 is 2.29 bits per heavy atom. The molecule has 0 radical (unpaired) electrons. The molecule has 0 unspecified atom stereocenters. The quantitative estimate of drug-likeness (QED) is 0.531. The Kier molecular flexibility index (Phi) is 6.05.